The number of ether oxygens (including phenoxy) is 1. The Labute approximate surface area is 116 Å². The Morgan fingerprint density at radius 1 is 1.45 bits per heavy atom. The van der Waals surface area contributed by atoms with Crippen LogP contribution >= 0.6 is 11.8 Å². The van der Waals surface area contributed by atoms with Gasteiger partial charge in [-0.25, -0.2) is 8.78 Å². The maximum Gasteiger partial charge on any atom is 0.330 e. The third kappa shape index (κ3) is 3.61. The third-order valence-electron chi connectivity index (χ3n) is 2.77. The quantitative estimate of drug-likeness (QED) is 0.805. The monoisotopic (exact) mass is 315 g/mol. The Morgan fingerprint density at radius 3 is 2.80 bits per heavy atom. The molecule has 0 amide bonds. The van der Waals surface area contributed by atoms with Crippen LogP contribution in [0, 0.1) is 0 Å². The lowest BCUT2D eigenvalue weighted by Crippen LogP contribution is -2.32. The zero-order valence-corrected chi connectivity index (χ0v) is 11.1. The minimum absolute atomic E-state index is 0.0363. The lowest BCUT2D eigenvalue weighted by Gasteiger charge is -2.14. The van der Waals surface area contributed by atoms with Crippen molar-refractivity contribution in [1.29, 1.82) is 0 Å². The lowest BCUT2D eigenvalue weighted by atomic mass is 10.1. The largest absolute Gasteiger partial charge is 0.367 e. The number of nitrogens with zero attached hydrogens (tertiary/aromatic N) is 2. The van der Waals surface area contributed by atoms with E-state index in [1.54, 1.807) is 11.8 Å². The van der Waals surface area contributed by atoms with E-state index in [1.165, 1.54) is 0 Å². The van der Waals surface area contributed by atoms with Gasteiger partial charge in [0.1, 0.15) is 13.2 Å². The van der Waals surface area contributed by atoms with E-state index >= 15 is 0 Å². The summed E-state index contributed by atoms with van der Waals surface area (Å²) in [4.78, 5) is 3.98. The molecule has 2 N–H and O–H groups in total. The minimum atomic E-state index is -4.18. The minimum Gasteiger partial charge on any atom is -0.367 e. The molecule has 1 saturated heterocycles. The van der Waals surface area contributed by atoms with Crippen molar-refractivity contribution in [2.75, 3.05) is 18.1 Å². The van der Waals surface area contributed by atoms with Gasteiger partial charge in [-0.05, 0) is 0 Å². The predicted octanol–water partition coefficient (Wildman–Crippen LogP) is 1.64. The molecular weight excluding hydrogens is 302 g/mol. The van der Waals surface area contributed by atoms with E-state index in [0.717, 1.165) is 11.5 Å². The Hall–Kier alpha value is -0.870. The summed E-state index contributed by atoms with van der Waals surface area (Å²) in [5.41, 5.74) is 5.85. The van der Waals surface area contributed by atoms with Crippen LogP contribution in [0.5, 0.6) is 0 Å². The van der Waals surface area contributed by atoms with E-state index in [9.17, 15) is 17.6 Å². The van der Waals surface area contributed by atoms with Crippen molar-refractivity contribution < 1.29 is 26.8 Å². The summed E-state index contributed by atoms with van der Waals surface area (Å²) in [5.74, 6) is -2.39. The first-order valence-corrected chi connectivity index (χ1v) is 6.95. The highest BCUT2D eigenvalue weighted by Gasteiger charge is 2.41. The van der Waals surface area contributed by atoms with Gasteiger partial charge in [-0.1, -0.05) is 5.16 Å². The van der Waals surface area contributed by atoms with Crippen molar-refractivity contribution in [2.45, 2.75) is 30.9 Å². The van der Waals surface area contributed by atoms with Crippen LogP contribution in [-0.2, 0) is 11.3 Å². The lowest BCUT2D eigenvalue weighted by molar-refractivity contribution is -0.168. The second-order valence-electron chi connectivity index (χ2n) is 4.41. The predicted molar refractivity (Wildman–Crippen MR) is 62.9 cm³/mol. The zero-order chi connectivity index (χ0) is 14.8. The average Bonchev–Trinajstić information content (AvgIpc) is 2.97. The topological polar surface area (TPSA) is 74.2 Å². The summed E-state index contributed by atoms with van der Waals surface area (Å²) >= 11 is 1.65. The SMILES string of the molecule is NC1CSCC1c1nc(COCC(F)(F)C(F)F)no1. The molecule has 1 aliphatic rings. The van der Waals surface area contributed by atoms with Crippen LogP contribution < -0.4 is 5.73 Å². The van der Waals surface area contributed by atoms with Crippen molar-refractivity contribution in [3.8, 4) is 0 Å². The Balaban J connectivity index is 1.84. The Kier molecular flexibility index (Phi) is 4.86. The van der Waals surface area contributed by atoms with Gasteiger partial charge < -0.3 is 15.0 Å². The number of hydrogen-bond acceptors (Lipinski definition) is 6. The highest BCUT2D eigenvalue weighted by atomic mass is 32.2. The first-order chi connectivity index (χ1) is 9.40. The number of rotatable bonds is 6. The first-order valence-electron chi connectivity index (χ1n) is 5.79. The summed E-state index contributed by atoms with van der Waals surface area (Å²) < 4.78 is 58.4. The number of nitrogens with two attached hydrogens (primary N) is 1. The molecule has 0 aromatic carbocycles. The van der Waals surface area contributed by atoms with Gasteiger partial charge in [0.25, 0.3) is 0 Å². The van der Waals surface area contributed by atoms with Gasteiger partial charge in [0, 0.05) is 17.5 Å². The van der Waals surface area contributed by atoms with Gasteiger partial charge >= 0.3 is 12.3 Å². The second kappa shape index (κ2) is 6.27. The molecule has 2 heterocycles. The van der Waals surface area contributed by atoms with Crippen LogP contribution in [0.1, 0.15) is 17.6 Å². The summed E-state index contributed by atoms with van der Waals surface area (Å²) in [5, 5.41) is 3.55. The highest BCUT2D eigenvalue weighted by Crippen LogP contribution is 2.30. The number of thioether (sulfide) groups is 1. The van der Waals surface area contributed by atoms with Gasteiger partial charge in [0.05, 0.1) is 5.92 Å². The second-order valence-corrected chi connectivity index (χ2v) is 5.49. The Morgan fingerprint density at radius 2 is 2.20 bits per heavy atom. The molecule has 1 aromatic heterocycles. The molecule has 2 rings (SSSR count). The maximum atomic E-state index is 12.6. The molecule has 10 heteroatoms. The Bertz CT molecular complexity index is 446. The van der Waals surface area contributed by atoms with Gasteiger partial charge in [0.2, 0.25) is 5.89 Å². The van der Waals surface area contributed by atoms with E-state index in [1.807, 2.05) is 0 Å². The average molecular weight is 315 g/mol. The maximum absolute atomic E-state index is 12.6. The normalized spacial score (nSPS) is 23.7. The summed E-state index contributed by atoms with van der Waals surface area (Å²) in [6, 6.07) is -0.0996. The van der Waals surface area contributed by atoms with Crippen LogP contribution in [0.25, 0.3) is 0 Å². The van der Waals surface area contributed by atoms with E-state index in [2.05, 4.69) is 14.9 Å². The summed E-state index contributed by atoms with van der Waals surface area (Å²) in [7, 11) is 0. The van der Waals surface area contributed by atoms with Gasteiger partial charge in [-0.3, -0.25) is 0 Å². The number of hydrogen-bond donors (Lipinski definition) is 1. The summed E-state index contributed by atoms with van der Waals surface area (Å²) in [6.45, 7) is -1.81. The van der Waals surface area contributed by atoms with E-state index in [0.29, 0.717) is 5.89 Å². The van der Waals surface area contributed by atoms with Crippen LogP contribution in [0.4, 0.5) is 17.6 Å². The third-order valence-corrected chi connectivity index (χ3v) is 3.99. The molecule has 1 fully saturated rings. The molecule has 0 bridgehead atoms. The molecular formula is C10H13F4N3O2S. The molecule has 114 valence electrons. The molecule has 0 spiro atoms. The molecule has 0 radical (unpaired) electrons. The molecule has 0 aliphatic carbocycles. The number of alkyl halides is 4. The molecule has 2 unspecified atom stereocenters. The van der Waals surface area contributed by atoms with Gasteiger partial charge in [-0.2, -0.15) is 25.5 Å². The smallest absolute Gasteiger partial charge is 0.330 e. The molecule has 5 nitrogen and oxygen atoms in total. The van der Waals surface area contributed by atoms with E-state index in [-0.39, 0.29) is 17.8 Å². The molecule has 0 saturated carbocycles. The highest BCUT2D eigenvalue weighted by molar-refractivity contribution is 7.99. The van der Waals surface area contributed by atoms with Crippen molar-refractivity contribution in [3.05, 3.63) is 11.7 Å². The molecule has 1 aromatic rings. The molecule has 2 atom stereocenters. The number of halogens is 4. The fraction of sp³-hybridized carbons (Fsp3) is 0.800. The fourth-order valence-corrected chi connectivity index (χ4v) is 2.93. The van der Waals surface area contributed by atoms with Crippen LogP contribution in [0.15, 0.2) is 4.52 Å². The summed E-state index contributed by atoms with van der Waals surface area (Å²) in [6.07, 6.45) is -3.77. The number of aromatic nitrogens is 2. The molecule has 20 heavy (non-hydrogen) atoms. The fourth-order valence-electron chi connectivity index (χ4n) is 1.64. The van der Waals surface area contributed by atoms with Crippen molar-refractivity contribution in [2.24, 2.45) is 5.73 Å². The van der Waals surface area contributed by atoms with Crippen LogP contribution in [-0.4, -0.2) is 46.6 Å². The standard InChI is InChI=1S/C10H13F4N3O2S/c11-9(12)10(13,14)4-18-1-7-16-8(19-17-7)5-2-20-3-6(5)15/h5-6,9H,1-4,15H2. The van der Waals surface area contributed by atoms with Gasteiger partial charge in [-0.15, -0.1) is 0 Å². The van der Waals surface area contributed by atoms with Gasteiger partial charge in [0.15, 0.2) is 5.82 Å². The zero-order valence-electron chi connectivity index (χ0n) is 10.3. The van der Waals surface area contributed by atoms with Crippen molar-refractivity contribution >= 4 is 11.8 Å². The first kappa shape index (κ1) is 15.5. The van der Waals surface area contributed by atoms with Crippen LogP contribution in [0.3, 0.4) is 0 Å². The molecule has 1 aliphatic heterocycles. The van der Waals surface area contributed by atoms with E-state index in [4.69, 9.17) is 10.3 Å². The van der Waals surface area contributed by atoms with Crippen molar-refractivity contribution in [3.63, 3.8) is 0 Å². The van der Waals surface area contributed by atoms with Crippen molar-refractivity contribution in [1.82, 2.24) is 10.1 Å². The van der Waals surface area contributed by atoms with E-state index < -0.39 is 25.6 Å². The van der Waals surface area contributed by atoms with Crippen LogP contribution in [0.2, 0.25) is 0 Å².